The molecule has 1 aromatic carbocycles. The van der Waals surface area contributed by atoms with Crippen molar-refractivity contribution in [1.29, 1.82) is 0 Å². The number of guanidine groups is 1. The van der Waals surface area contributed by atoms with E-state index in [0.29, 0.717) is 17.1 Å². The number of benzene rings is 1. The SMILES string of the molecule is Cc1cc(Cl)ccc1S(=O)(=O)NCCNC1=NCCCN1.I. The minimum absolute atomic E-state index is 0. The highest BCUT2D eigenvalue weighted by Crippen LogP contribution is 2.19. The molecule has 0 saturated heterocycles. The van der Waals surface area contributed by atoms with Crippen LogP contribution in [0.2, 0.25) is 5.02 Å². The Hall–Kier alpha value is -0.580. The van der Waals surface area contributed by atoms with Crippen LogP contribution < -0.4 is 15.4 Å². The van der Waals surface area contributed by atoms with E-state index in [2.05, 4.69) is 20.3 Å². The minimum atomic E-state index is -3.52. The normalized spacial score (nSPS) is 14.5. The molecule has 1 aliphatic rings. The second-order valence-corrected chi connectivity index (χ2v) is 6.92. The molecule has 0 saturated carbocycles. The summed E-state index contributed by atoms with van der Waals surface area (Å²) >= 11 is 5.83. The molecule has 3 N–H and O–H groups in total. The van der Waals surface area contributed by atoms with Gasteiger partial charge in [-0.15, -0.1) is 24.0 Å². The molecule has 0 spiro atoms. The van der Waals surface area contributed by atoms with E-state index < -0.39 is 10.0 Å². The van der Waals surface area contributed by atoms with Gasteiger partial charge >= 0.3 is 0 Å². The van der Waals surface area contributed by atoms with Gasteiger partial charge in [-0.05, 0) is 37.1 Å². The van der Waals surface area contributed by atoms with Crippen molar-refractivity contribution in [3.8, 4) is 0 Å². The average Bonchev–Trinajstić information content (AvgIpc) is 2.44. The summed E-state index contributed by atoms with van der Waals surface area (Å²) in [4.78, 5) is 4.50. The zero-order valence-corrected chi connectivity index (χ0v) is 16.1. The van der Waals surface area contributed by atoms with E-state index in [4.69, 9.17) is 11.6 Å². The molecule has 0 unspecified atom stereocenters. The fourth-order valence-electron chi connectivity index (χ4n) is 2.01. The Morgan fingerprint density at radius 3 is 2.77 bits per heavy atom. The summed E-state index contributed by atoms with van der Waals surface area (Å²) < 4.78 is 26.9. The predicted molar refractivity (Wildman–Crippen MR) is 99.7 cm³/mol. The summed E-state index contributed by atoms with van der Waals surface area (Å²) in [5.41, 5.74) is 0.626. The standard InChI is InChI=1S/C13H19ClN4O2S.HI/c1-10-9-11(14)3-4-12(10)21(19,20)18-8-7-17-13-15-5-2-6-16-13;/h3-4,9,18H,2,5-8H2,1H3,(H2,15,16,17);1H. The number of halogens is 2. The van der Waals surface area contributed by atoms with Gasteiger partial charge in [0.05, 0.1) is 4.90 Å². The minimum Gasteiger partial charge on any atom is -0.356 e. The number of nitrogens with one attached hydrogen (secondary N) is 3. The molecule has 0 aromatic heterocycles. The topological polar surface area (TPSA) is 82.6 Å². The van der Waals surface area contributed by atoms with Crippen molar-refractivity contribution in [2.45, 2.75) is 18.2 Å². The summed E-state index contributed by atoms with van der Waals surface area (Å²) in [5, 5.41) is 6.69. The molecule has 1 aromatic rings. The van der Waals surface area contributed by atoms with Gasteiger partial charge in [0.2, 0.25) is 10.0 Å². The van der Waals surface area contributed by atoms with Gasteiger partial charge in [0.15, 0.2) is 5.96 Å². The van der Waals surface area contributed by atoms with Crippen LogP contribution in [0.15, 0.2) is 28.1 Å². The van der Waals surface area contributed by atoms with E-state index in [1.54, 1.807) is 19.1 Å². The number of aliphatic imine (C=N–C) groups is 1. The van der Waals surface area contributed by atoms with Gasteiger partial charge in [-0.25, -0.2) is 13.1 Å². The summed E-state index contributed by atoms with van der Waals surface area (Å²) in [6.45, 7) is 4.16. The van der Waals surface area contributed by atoms with Gasteiger partial charge < -0.3 is 10.6 Å². The zero-order valence-electron chi connectivity index (χ0n) is 12.2. The maximum atomic E-state index is 12.2. The van der Waals surface area contributed by atoms with Gasteiger partial charge in [0.25, 0.3) is 0 Å². The van der Waals surface area contributed by atoms with Crippen molar-refractivity contribution in [2.75, 3.05) is 26.2 Å². The van der Waals surface area contributed by atoms with Crippen molar-refractivity contribution in [1.82, 2.24) is 15.4 Å². The van der Waals surface area contributed by atoms with Crippen molar-refractivity contribution in [3.63, 3.8) is 0 Å². The highest BCUT2D eigenvalue weighted by molar-refractivity contribution is 14.0. The third-order valence-corrected chi connectivity index (χ3v) is 4.89. The van der Waals surface area contributed by atoms with Crippen LogP contribution in [-0.4, -0.2) is 40.6 Å². The third-order valence-electron chi connectivity index (χ3n) is 3.03. The predicted octanol–water partition coefficient (Wildman–Crippen LogP) is 1.48. The van der Waals surface area contributed by atoms with E-state index in [0.717, 1.165) is 25.5 Å². The molecule has 0 amide bonds. The van der Waals surface area contributed by atoms with Gasteiger partial charge in [-0.3, -0.25) is 4.99 Å². The zero-order chi connectivity index (χ0) is 15.3. The van der Waals surface area contributed by atoms with Crippen molar-refractivity contribution in [3.05, 3.63) is 28.8 Å². The first kappa shape index (κ1) is 19.5. The van der Waals surface area contributed by atoms with E-state index in [1.165, 1.54) is 6.07 Å². The summed E-state index contributed by atoms with van der Waals surface area (Å²) in [6, 6.07) is 4.72. The first-order valence-corrected chi connectivity index (χ1v) is 8.63. The first-order valence-electron chi connectivity index (χ1n) is 6.77. The molecule has 0 atom stereocenters. The fourth-order valence-corrected chi connectivity index (χ4v) is 3.49. The van der Waals surface area contributed by atoms with E-state index in [1.807, 2.05) is 0 Å². The van der Waals surface area contributed by atoms with Crippen LogP contribution in [-0.2, 0) is 10.0 Å². The van der Waals surface area contributed by atoms with Crippen LogP contribution >= 0.6 is 35.6 Å². The number of hydrogen-bond donors (Lipinski definition) is 3. The number of nitrogens with zero attached hydrogens (tertiary/aromatic N) is 1. The summed E-state index contributed by atoms with van der Waals surface area (Å²) in [7, 11) is -3.52. The third kappa shape index (κ3) is 5.56. The lowest BCUT2D eigenvalue weighted by atomic mass is 10.2. The maximum Gasteiger partial charge on any atom is 0.240 e. The highest BCUT2D eigenvalue weighted by atomic mass is 127. The van der Waals surface area contributed by atoms with Gasteiger partial charge in [0.1, 0.15) is 0 Å². The Bertz CT molecular complexity index is 637. The second kappa shape index (κ2) is 8.90. The average molecular weight is 459 g/mol. The molecule has 6 nitrogen and oxygen atoms in total. The number of rotatable bonds is 5. The Morgan fingerprint density at radius 1 is 1.36 bits per heavy atom. The Morgan fingerprint density at radius 2 is 2.14 bits per heavy atom. The van der Waals surface area contributed by atoms with Crippen LogP contribution in [0.3, 0.4) is 0 Å². The lowest BCUT2D eigenvalue weighted by molar-refractivity contribution is 0.579. The Balaban J connectivity index is 0.00000242. The van der Waals surface area contributed by atoms with Gasteiger partial charge in [-0.2, -0.15) is 0 Å². The largest absolute Gasteiger partial charge is 0.356 e. The molecular weight excluding hydrogens is 439 g/mol. The molecule has 0 bridgehead atoms. The van der Waals surface area contributed by atoms with Gasteiger partial charge in [0, 0.05) is 31.2 Å². The van der Waals surface area contributed by atoms with Crippen molar-refractivity contribution in [2.24, 2.45) is 4.99 Å². The molecule has 1 aliphatic heterocycles. The molecule has 1 heterocycles. The fraction of sp³-hybridized carbons (Fsp3) is 0.462. The highest BCUT2D eigenvalue weighted by Gasteiger charge is 2.16. The lowest BCUT2D eigenvalue weighted by Gasteiger charge is -2.16. The molecule has 2 rings (SSSR count). The number of sulfonamides is 1. The number of hydrogen-bond acceptors (Lipinski definition) is 5. The molecule has 9 heteroatoms. The Labute approximate surface area is 153 Å². The van der Waals surface area contributed by atoms with Crippen molar-refractivity contribution < 1.29 is 8.42 Å². The quantitative estimate of drug-likeness (QED) is 0.461. The van der Waals surface area contributed by atoms with E-state index in [-0.39, 0.29) is 35.4 Å². The van der Waals surface area contributed by atoms with Gasteiger partial charge in [-0.1, -0.05) is 11.6 Å². The second-order valence-electron chi connectivity index (χ2n) is 4.75. The molecule has 124 valence electrons. The monoisotopic (exact) mass is 458 g/mol. The van der Waals surface area contributed by atoms with Crippen LogP contribution in [0, 0.1) is 6.92 Å². The Kier molecular flexibility index (Phi) is 7.87. The van der Waals surface area contributed by atoms with E-state index in [9.17, 15) is 8.42 Å². The van der Waals surface area contributed by atoms with Crippen LogP contribution in [0.4, 0.5) is 0 Å². The van der Waals surface area contributed by atoms with Crippen LogP contribution in [0.1, 0.15) is 12.0 Å². The number of aryl methyl sites for hydroxylation is 1. The molecule has 0 fully saturated rings. The molecular formula is C13H20ClIN4O2S. The first-order chi connectivity index (χ1) is 9.99. The van der Waals surface area contributed by atoms with Crippen LogP contribution in [0.5, 0.6) is 0 Å². The van der Waals surface area contributed by atoms with Crippen molar-refractivity contribution >= 4 is 51.6 Å². The smallest absolute Gasteiger partial charge is 0.240 e. The summed E-state index contributed by atoms with van der Waals surface area (Å²) in [5.74, 6) is 0.725. The van der Waals surface area contributed by atoms with E-state index >= 15 is 0 Å². The molecule has 22 heavy (non-hydrogen) atoms. The van der Waals surface area contributed by atoms with Crippen LogP contribution in [0.25, 0.3) is 0 Å². The maximum absolute atomic E-state index is 12.2. The summed E-state index contributed by atoms with van der Waals surface area (Å²) in [6.07, 6.45) is 1.02. The molecule has 0 radical (unpaired) electrons. The lowest BCUT2D eigenvalue weighted by Crippen LogP contribution is -2.43. The molecule has 0 aliphatic carbocycles.